The molecular weight excluding hydrogens is 383 g/mol. The van der Waals surface area contributed by atoms with E-state index < -0.39 is 5.92 Å². The molecule has 0 aromatic heterocycles. The normalized spacial score (nSPS) is 15.2. The van der Waals surface area contributed by atoms with Gasteiger partial charge < -0.3 is 4.74 Å². The summed E-state index contributed by atoms with van der Waals surface area (Å²) < 4.78 is 13.8. The molecule has 0 saturated heterocycles. The number of hydrogen-bond acceptors (Lipinski definition) is 4. The molecule has 0 radical (unpaired) electrons. The van der Waals surface area contributed by atoms with Crippen LogP contribution in [0.15, 0.2) is 12.1 Å². The molecule has 2 rings (SSSR count). The summed E-state index contributed by atoms with van der Waals surface area (Å²) in [7, 11) is 1.17. The molecular formula is C24H38O4P+. The molecule has 0 aliphatic heterocycles. The number of rotatable bonds is 9. The van der Waals surface area contributed by atoms with Gasteiger partial charge in [0.05, 0.1) is 6.61 Å². The third-order valence-corrected chi connectivity index (χ3v) is 5.82. The van der Waals surface area contributed by atoms with Crippen LogP contribution >= 0.6 is 9.12 Å². The van der Waals surface area contributed by atoms with Crippen molar-refractivity contribution in [2.45, 2.75) is 85.5 Å². The zero-order valence-corrected chi connectivity index (χ0v) is 19.7. The molecule has 1 fully saturated rings. The van der Waals surface area contributed by atoms with Gasteiger partial charge in [-0.25, -0.2) is 0 Å². The average Bonchev–Trinajstić information content (AvgIpc) is 2.69. The number of aryl methyl sites for hydroxylation is 3. The van der Waals surface area contributed by atoms with Crippen molar-refractivity contribution < 1.29 is 18.9 Å². The lowest BCUT2D eigenvalue weighted by atomic mass is 9.75. The predicted octanol–water partition coefficient (Wildman–Crippen LogP) is 6.32. The van der Waals surface area contributed by atoms with Crippen LogP contribution in [0.25, 0.3) is 0 Å². The Labute approximate surface area is 178 Å². The summed E-state index contributed by atoms with van der Waals surface area (Å²) in [6, 6.07) is 4.07. The summed E-state index contributed by atoms with van der Waals surface area (Å²) in [5, 5.41) is 0. The maximum absolute atomic E-state index is 13.5. The Morgan fingerprint density at radius 2 is 1.59 bits per heavy atom. The van der Waals surface area contributed by atoms with Gasteiger partial charge in [0.25, 0.3) is 0 Å². The monoisotopic (exact) mass is 421 g/mol. The summed E-state index contributed by atoms with van der Waals surface area (Å²) in [5.41, 5.74) is 3.80. The van der Waals surface area contributed by atoms with Gasteiger partial charge in [-0.15, -0.1) is 0 Å². The van der Waals surface area contributed by atoms with Gasteiger partial charge in [0.2, 0.25) is 0 Å². The van der Waals surface area contributed by atoms with Crippen LogP contribution in [-0.2, 0) is 14.1 Å². The van der Waals surface area contributed by atoms with Crippen molar-refractivity contribution in [3.05, 3.63) is 34.4 Å². The Morgan fingerprint density at radius 1 is 1.00 bits per heavy atom. The van der Waals surface area contributed by atoms with Crippen LogP contribution < -0.4 is 0 Å². The Bertz CT molecular complexity index is 642. The fourth-order valence-corrected chi connectivity index (χ4v) is 4.50. The lowest BCUT2D eigenvalue weighted by molar-refractivity contribution is -0.149. The number of Topliss-reactive ketones (excluding diaryl/α,β-unsaturated/α-hetero) is 1. The van der Waals surface area contributed by atoms with Gasteiger partial charge in [0.15, 0.2) is 5.78 Å². The van der Waals surface area contributed by atoms with Crippen LogP contribution in [0.1, 0.15) is 91.8 Å². The van der Waals surface area contributed by atoms with E-state index in [1.165, 1.54) is 15.5 Å². The molecule has 0 heterocycles. The minimum Gasteiger partial charge on any atom is -0.465 e. The Morgan fingerprint density at radius 3 is 2.14 bits per heavy atom. The molecule has 2 atom stereocenters. The fraction of sp³-hybridized carbons (Fsp3) is 0.667. The minimum absolute atomic E-state index is 0.0320. The molecule has 0 amide bonds. The number of ether oxygens (including phenoxy) is 1. The van der Waals surface area contributed by atoms with Gasteiger partial charge in [0, 0.05) is 5.56 Å². The van der Waals surface area contributed by atoms with Crippen molar-refractivity contribution in [3.63, 3.8) is 0 Å². The van der Waals surface area contributed by atoms with Crippen molar-refractivity contribution in [1.82, 2.24) is 0 Å². The molecule has 1 aliphatic carbocycles. The number of hydrogen-bond donors (Lipinski definition) is 0. The number of ketones is 1. The van der Waals surface area contributed by atoms with Gasteiger partial charge in [-0.2, -0.15) is 0 Å². The van der Waals surface area contributed by atoms with E-state index in [1.54, 1.807) is 0 Å². The van der Waals surface area contributed by atoms with Crippen molar-refractivity contribution in [1.29, 1.82) is 0 Å². The summed E-state index contributed by atoms with van der Waals surface area (Å²) in [4.78, 5) is 26.4. The van der Waals surface area contributed by atoms with E-state index in [0.29, 0.717) is 6.61 Å². The van der Waals surface area contributed by atoms with Crippen LogP contribution in [0.3, 0.4) is 0 Å². The number of unbranched alkanes of at least 4 members (excludes halogenated alkanes) is 3. The van der Waals surface area contributed by atoms with Gasteiger partial charge >= 0.3 is 15.1 Å². The smallest absolute Gasteiger partial charge is 0.317 e. The minimum atomic E-state index is -0.642. The Balaban J connectivity index is 0.00000204. The number of carbonyl (C=O) groups excluding carboxylic acids is 2. The van der Waals surface area contributed by atoms with E-state index in [9.17, 15) is 9.59 Å². The zero-order valence-electron chi connectivity index (χ0n) is 18.6. The van der Waals surface area contributed by atoms with Crippen LogP contribution in [0, 0.1) is 32.6 Å². The lowest BCUT2D eigenvalue weighted by Gasteiger charge is -2.28. The molecule has 4 nitrogen and oxygen atoms in total. The highest BCUT2D eigenvalue weighted by molar-refractivity contribution is 7.00. The molecule has 0 N–H and O–H groups in total. The Hall–Kier alpha value is -1.54. The molecule has 2 unspecified atom stereocenters. The molecule has 1 aromatic rings. The second-order valence-electron chi connectivity index (χ2n) is 8.24. The molecule has 29 heavy (non-hydrogen) atoms. The zero-order chi connectivity index (χ0) is 21.8. The molecule has 1 aromatic carbocycles. The van der Waals surface area contributed by atoms with Crippen LogP contribution in [0.4, 0.5) is 0 Å². The van der Waals surface area contributed by atoms with Crippen LogP contribution in [-0.4, -0.2) is 18.4 Å². The summed E-state index contributed by atoms with van der Waals surface area (Å²) in [5.74, 6) is -0.857. The van der Waals surface area contributed by atoms with Gasteiger partial charge in [-0.1, -0.05) is 67.7 Å². The summed E-state index contributed by atoms with van der Waals surface area (Å²) in [6.07, 6.45) is 9.57. The lowest BCUT2D eigenvalue weighted by Crippen LogP contribution is -2.35. The number of benzene rings is 1. The maximum atomic E-state index is 13.5. The van der Waals surface area contributed by atoms with E-state index in [2.05, 4.69) is 6.92 Å². The second kappa shape index (κ2) is 13.6. The topological polar surface area (TPSA) is 60.4 Å². The molecule has 0 spiro atoms. The first-order valence-corrected chi connectivity index (χ1v) is 11.4. The first kappa shape index (κ1) is 25.5. The van der Waals surface area contributed by atoms with E-state index in [0.717, 1.165) is 73.6 Å². The van der Waals surface area contributed by atoms with Crippen molar-refractivity contribution in [2.75, 3.05) is 6.61 Å². The second-order valence-corrected chi connectivity index (χ2v) is 8.24. The van der Waals surface area contributed by atoms with E-state index in [-0.39, 0.29) is 17.7 Å². The standard InChI is InChI=1S/C24H36O3.H2OP/c1-5-6-7-11-14-27-24(26)22(20-12-9-8-10-13-20)23(25)21-18(3)15-17(2)16-19(21)4;1-2/h15-16,20,22H,5-14H2,1-4H3;2H2/q;+1. The third-order valence-electron chi connectivity index (χ3n) is 5.82. The number of carbonyl (C=O) groups is 2. The van der Waals surface area contributed by atoms with E-state index >= 15 is 0 Å². The molecule has 1 aliphatic rings. The van der Waals surface area contributed by atoms with E-state index in [1.807, 2.05) is 32.9 Å². The van der Waals surface area contributed by atoms with Gasteiger partial charge in [-0.3, -0.25) is 9.59 Å². The average molecular weight is 422 g/mol. The SMILES string of the molecule is CCCCCCOC(=O)C(C(=O)c1c(C)cc(C)cc1C)C1CCCCC1.O=[PH2+]. The van der Waals surface area contributed by atoms with E-state index in [4.69, 9.17) is 9.30 Å². The Kier molecular flexibility index (Phi) is 12.0. The first-order chi connectivity index (χ1) is 14.0. The molecule has 162 valence electrons. The van der Waals surface area contributed by atoms with Crippen molar-refractivity contribution in [2.24, 2.45) is 11.8 Å². The highest BCUT2D eigenvalue weighted by atomic mass is 31.0. The molecule has 0 bridgehead atoms. The summed E-state index contributed by atoms with van der Waals surface area (Å²) in [6.45, 7) is 8.58. The van der Waals surface area contributed by atoms with Crippen LogP contribution in [0.5, 0.6) is 0 Å². The van der Waals surface area contributed by atoms with Crippen molar-refractivity contribution in [3.8, 4) is 0 Å². The molecule has 5 heteroatoms. The van der Waals surface area contributed by atoms with Gasteiger partial charge in [0.1, 0.15) is 5.92 Å². The predicted molar refractivity (Wildman–Crippen MR) is 121 cm³/mol. The largest absolute Gasteiger partial charge is 0.465 e. The fourth-order valence-electron chi connectivity index (χ4n) is 4.50. The van der Waals surface area contributed by atoms with Crippen molar-refractivity contribution >= 4 is 20.9 Å². The quantitative estimate of drug-likeness (QED) is 0.154. The number of esters is 1. The highest BCUT2D eigenvalue weighted by Crippen LogP contribution is 2.34. The van der Waals surface area contributed by atoms with Crippen LogP contribution in [0.2, 0.25) is 0 Å². The summed E-state index contributed by atoms with van der Waals surface area (Å²) >= 11 is 0. The third kappa shape index (κ3) is 7.66. The highest BCUT2D eigenvalue weighted by Gasteiger charge is 2.38. The first-order valence-electron chi connectivity index (χ1n) is 11.0. The van der Waals surface area contributed by atoms with Gasteiger partial charge in [-0.05, 0) is 57.1 Å². The maximum Gasteiger partial charge on any atom is 0.317 e. The molecule has 1 saturated carbocycles.